The lowest BCUT2D eigenvalue weighted by Crippen LogP contribution is -2.66. The van der Waals surface area contributed by atoms with Gasteiger partial charge in [0.1, 0.15) is 23.5 Å². The van der Waals surface area contributed by atoms with Gasteiger partial charge in [0.25, 0.3) is 0 Å². The molecule has 11 nitrogen and oxygen atoms in total. The predicted octanol–water partition coefficient (Wildman–Crippen LogP) is 2.60. The van der Waals surface area contributed by atoms with Crippen LogP contribution in [0, 0.1) is 32.1 Å². The van der Waals surface area contributed by atoms with E-state index in [0.717, 1.165) is 39.2 Å². The molecule has 0 unspecified atom stereocenters. The molecule has 5 rings (SSSR count). The first-order valence-electron chi connectivity index (χ1n) is 12.5. The summed E-state index contributed by atoms with van der Waals surface area (Å²) in [5, 5.41) is 20.6. The van der Waals surface area contributed by atoms with Gasteiger partial charge < -0.3 is 19.8 Å². The second-order valence-corrected chi connectivity index (χ2v) is 13.8. The number of amides is 1. The summed E-state index contributed by atoms with van der Waals surface area (Å²) in [5.74, 6) is -3.42. The molecule has 2 N–H and O–H groups in total. The minimum atomic E-state index is -3.68. The molecule has 0 aliphatic carbocycles. The lowest BCUT2D eigenvalue weighted by molar-refractivity contribution is -0.167. The molecule has 0 spiro atoms. The van der Waals surface area contributed by atoms with Crippen LogP contribution in [0.25, 0.3) is 10.4 Å². The number of nitrogens with zero attached hydrogens (tertiary/aromatic N) is 3. The zero-order chi connectivity index (χ0) is 29.5. The summed E-state index contributed by atoms with van der Waals surface area (Å²) in [6, 6.07) is 2.93. The van der Waals surface area contributed by atoms with Gasteiger partial charge in [-0.2, -0.15) is 0 Å². The average molecular weight is 588 g/mol. The Morgan fingerprint density at radius 1 is 1.23 bits per heavy atom. The van der Waals surface area contributed by atoms with Gasteiger partial charge in [0.05, 0.1) is 33.9 Å². The van der Waals surface area contributed by atoms with E-state index in [1.165, 1.54) is 17.7 Å². The molecule has 3 aromatic rings. The number of imidazole rings is 1. The molecule has 4 atom stereocenters. The monoisotopic (exact) mass is 587 g/mol. The number of sulfone groups is 1. The Bertz CT molecular complexity index is 1730. The number of carbonyl (C=O) groups excluding carboxylic acids is 2. The van der Waals surface area contributed by atoms with E-state index < -0.39 is 51.2 Å². The smallest absolute Gasteiger partial charge is 0.352 e. The Balaban J connectivity index is 1.64. The highest BCUT2D eigenvalue weighted by molar-refractivity contribution is 7.91. The van der Waals surface area contributed by atoms with Crippen LogP contribution in [-0.4, -0.2) is 75.8 Å². The van der Waals surface area contributed by atoms with Crippen molar-refractivity contribution in [2.75, 3.05) is 12.9 Å². The zero-order valence-corrected chi connectivity index (χ0v) is 24.4. The number of aliphatic carboxylic acids is 1. The number of thiazole rings is 1. The van der Waals surface area contributed by atoms with Crippen LogP contribution >= 0.6 is 11.3 Å². The van der Waals surface area contributed by atoms with Crippen LogP contribution in [0.4, 0.5) is 0 Å². The number of aryl methyl sites for hydroxylation is 3. The topological polar surface area (TPSA) is 156 Å². The third-order valence-electron chi connectivity index (χ3n) is 7.73. The van der Waals surface area contributed by atoms with Gasteiger partial charge in [0.15, 0.2) is 14.9 Å². The number of benzene rings is 1. The molecular formula is C27H29N3O8S2. The number of rotatable bonds is 7. The Kier molecular flexibility index (Phi) is 6.47. The first-order valence-corrected chi connectivity index (χ1v) is 15.2. The molecule has 4 heterocycles. The quantitative estimate of drug-likeness (QED) is 0.313. The maximum absolute atomic E-state index is 13.3. The molecule has 0 saturated carbocycles. The predicted molar refractivity (Wildman–Crippen MR) is 146 cm³/mol. The average Bonchev–Trinajstić information content (AvgIpc) is 3.45. The molecule has 0 bridgehead atoms. The Morgan fingerprint density at radius 2 is 1.85 bits per heavy atom. The third kappa shape index (κ3) is 4.06. The SMILES string of the molecule is Cc1cc(C)c(C(=O)OC[C@@]2(C)C(c3cn4cnc(S(C)(=O)=O)c4s3)=C(C(=O)O)N3C(=O)[C@H]([C@@H](C)O)[C@@H]32)c(C)c1. The number of aliphatic hydroxyl groups excluding tert-OH is 1. The van der Waals surface area contributed by atoms with E-state index in [4.69, 9.17) is 4.74 Å². The molecule has 40 heavy (non-hydrogen) atoms. The lowest BCUT2D eigenvalue weighted by Gasteiger charge is -2.50. The molecule has 1 fully saturated rings. The number of hydrogen-bond acceptors (Lipinski definition) is 9. The summed E-state index contributed by atoms with van der Waals surface area (Å²) in [5.41, 5.74) is 1.55. The highest BCUT2D eigenvalue weighted by Crippen LogP contribution is 2.58. The fourth-order valence-electron chi connectivity index (χ4n) is 6.15. The van der Waals surface area contributed by atoms with Crippen molar-refractivity contribution < 1.29 is 37.8 Å². The van der Waals surface area contributed by atoms with E-state index >= 15 is 0 Å². The summed E-state index contributed by atoms with van der Waals surface area (Å²) in [6.07, 6.45) is 2.82. The van der Waals surface area contributed by atoms with E-state index in [0.29, 0.717) is 10.4 Å². The van der Waals surface area contributed by atoms with E-state index in [1.807, 2.05) is 19.1 Å². The van der Waals surface area contributed by atoms with Gasteiger partial charge in [-0.15, -0.1) is 11.3 Å². The van der Waals surface area contributed by atoms with Crippen molar-refractivity contribution in [1.82, 2.24) is 14.3 Å². The van der Waals surface area contributed by atoms with Gasteiger partial charge in [0.2, 0.25) is 5.91 Å². The molecule has 1 saturated heterocycles. The van der Waals surface area contributed by atoms with Crippen molar-refractivity contribution in [2.45, 2.75) is 51.8 Å². The summed E-state index contributed by atoms with van der Waals surface area (Å²) >= 11 is 1.02. The van der Waals surface area contributed by atoms with Crippen LogP contribution in [0.1, 0.15) is 45.8 Å². The number of carboxylic acid groups (broad SMARTS) is 1. The number of β-lactam (4-membered cyclic amide) rings is 1. The van der Waals surface area contributed by atoms with Crippen molar-refractivity contribution in [3.63, 3.8) is 0 Å². The molecule has 13 heteroatoms. The number of fused-ring (bicyclic) bond motifs is 2. The van der Waals surface area contributed by atoms with Crippen molar-refractivity contribution >= 4 is 49.4 Å². The lowest BCUT2D eigenvalue weighted by atomic mass is 9.67. The molecule has 2 aliphatic rings. The fourth-order valence-corrected chi connectivity index (χ4v) is 8.55. The van der Waals surface area contributed by atoms with Crippen molar-refractivity contribution in [2.24, 2.45) is 11.3 Å². The van der Waals surface area contributed by atoms with E-state index in [9.17, 15) is 33.0 Å². The largest absolute Gasteiger partial charge is 0.477 e. The number of carbonyl (C=O) groups is 3. The minimum Gasteiger partial charge on any atom is -0.477 e. The van der Waals surface area contributed by atoms with E-state index in [2.05, 4.69) is 4.98 Å². The summed E-state index contributed by atoms with van der Waals surface area (Å²) in [7, 11) is -3.68. The second-order valence-electron chi connectivity index (χ2n) is 10.8. The highest BCUT2D eigenvalue weighted by Gasteiger charge is 2.67. The number of esters is 1. The van der Waals surface area contributed by atoms with Crippen LogP contribution in [0.3, 0.4) is 0 Å². The highest BCUT2D eigenvalue weighted by atomic mass is 32.2. The minimum absolute atomic E-state index is 0.154. The van der Waals surface area contributed by atoms with Gasteiger partial charge >= 0.3 is 11.9 Å². The molecule has 212 valence electrons. The van der Waals surface area contributed by atoms with Crippen molar-refractivity contribution in [3.8, 4) is 0 Å². The maximum Gasteiger partial charge on any atom is 0.352 e. The van der Waals surface area contributed by atoms with Crippen LogP contribution in [0.5, 0.6) is 0 Å². The zero-order valence-electron chi connectivity index (χ0n) is 22.8. The standard InChI is InChI=1S/C27H29N3O8S2/c1-12-7-13(2)17(14(3)8-12)26(35)38-10-27(5)19(16-9-29-11-28-22(24(29)39-16)40(6,36)37)20(25(33)34)30-21(27)18(15(4)31)23(30)32/h7-9,11,15,18,21,31H,10H2,1-6H3,(H,33,34)/t15-,18-,21-,27+/m1/s1. The maximum atomic E-state index is 13.3. The first kappa shape index (κ1) is 28.0. The third-order valence-corrected chi connectivity index (χ3v) is 9.98. The van der Waals surface area contributed by atoms with Gasteiger partial charge in [0, 0.05) is 18.0 Å². The number of aliphatic hydroxyl groups is 1. The van der Waals surface area contributed by atoms with E-state index in [1.54, 1.807) is 27.0 Å². The summed E-state index contributed by atoms with van der Waals surface area (Å²) in [6.45, 7) is 8.41. The van der Waals surface area contributed by atoms with Gasteiger partial charge in [-0.1, -0.05) is 24.6 Å². The van der Waals surface area contributed by atoms with Crippen LogP contribution in [-0.2, 0) is 24.2 Å². The second kappa shape index (κ2) is 9.25. The Labute approximate surface area is 234 Å². The number of aromatic nitrogens is 2. The van der Waals surface area contributed by atoms with Gasteiger partial charge in [-0.3, -0.25) is 9.20 Å². The molecule has 0 radical (unpaired) electrons. The number of ether oxygens (including phenoxy) is 1. The molecule has 2 aliphatic heterocycles. The van der Waals surface area contributed by atoms with E-state index in [-0.39, 0.29) is 27.7 Å². The molecule has 2 aromatic heterocycles. The molecule has 1 aromatic carbocycles. The Morgan fingerprint density at radius 3 is 2.40 bits per heavy atom. The van der Waals surface area contributed by atoms with Gasteiger partial charge in [-0.05, 0) is 38.8 Å². The van der Waals surface area contributed by atoms with Crippen molar-refractivity contribution in [1.29, 1.82) is 0 Å². The van der Waals surface area contributed by atoms with Crippen LogP contribution in [0.2, 0.25) is 0 Å². The Hall–Kier alpha value is -3.55. The number of carboxylic acids is 1. The first-order chi connectivity index (χ1) is 18.6. The summed E-state index contributed by atoms with van der Waals surface area (Å²) in [4.78, 5) is 44.9. The van der Waals surface area contributed by atoms with Crippen molar-refractivity contribution in [3.05, 3.63) is 57.5 Å². The summed E-state index contributed by atoms with van der Waals surface area (Å²) < 4.78 is 31.9. The number of hydrogen-bond donors (Lipinski definition) is 2. The molecular weight excluding hydrogens is 558 g/mol. The fraction of sp³-hybridized carbons (Fsp3) is 0.407. The molecule has 1 amide bonds. The van der Waals surface area contributed by atoms with Gasteiger partial charge in [-0.25, -0.2) is 23.0 Å². The van der Waals surface area contributed by atoms with Crippen LogP contribution in [0.15, 0.2) is 35.4 Å². The normalized spacial score (nSPS) is 23.4. The van der Waals surface area contributed by atoms with Crippen LogP contribution < -0.4 is 0 Å².